The summed E-state index contributed by atoms with van der Waals surface area (Å²) in [4.78, 5) is 33.1. The van der Waals surface area contributed by atoms with E-state index < -0.39 is 17.7 Å². The van der Waals surface area contributed by atoms with E-state index in [0.29, 0.717) is 44.0 Å². The number of carbonyl (C=O) groups excluding carboxylic acids is 2. The smallest absolute Gasteiger partial charge is 0.368 e. The van der Waals surface area contributed by atoms with E-state index in [4.69, 9.17) is 0 Å². The van der Waals surface area contributed by atoms with Gasteiger partial charge in [0.2, 0.25) is 5.91 Å². The number of carbonyl (C=O) groups is 2. The quantitative estimate of drug-likeness (QED) is 0.498. The van der Waals surface area contributed by atoms with Crippen molar-refractivity contribution < 1.29 is 22.8 Å². The van der Waals surface area contributed by atoms with Gasteiger partial charge in [0.25, 0.3) is 5.91 Å². The average Bonchev–Trinajstić information content (AvgIpc) is 2.92. The van der Waals surface area contributed by atoms with Gasteiger partial charge in [-0.2, -0.15) is 13.2 Å². The molecule has 3 aromatic carbocycles. The fourth-order valence-corrected chi connectivity index (χ4v) is 6.00. The summed E-state index contributed by atoms with van der Waals surface area (Å²) in [6, 6.07) is 20.3. The van der Waals surface area contributed by atoms with Gasteiger partial charge >= 0.3 is 6.18 Å². The molecule has 0 aromatic heterocycles. The maximum atomic E-state index is 14.1. The van der Waals surface area contributed by atoms with Crippen molar-refractivity contribution in [1.29, 1.82) is 0 Å². The molecule has 8 heteroatoms. The molecule has 2 amide bonds. The molecule has 0 bridgehead atoms. The van der Waals surface area contributed by atoms with Crippen molar-refractivity contribution in [2.45, 2.75) is 24.6 Å². The van der Waals surface area contributed by atoms with Crippen molar-refractivity contribution in [3.63, 3.8) is 0 Å². The Hall–Kier alpha value is -3.81. The first-order valence-corrected chi connectivity index (χ1v) is 12.5. The first-order valence-electron chi connectivity index (χ1n) is 12.5. The lowest BCUT2D eigenvalue weighted by Crippen LogP contribution is -2.54. The summed E-state index contributed by atoms with van der Waals surface area (Å²) in [6.45, 7) is 2.23. The molecule has 37 heavy (non-hydrogen) atoms. The Morgan fingerprint density at radius 1 is 0.811 bits per heavy atom. The number of anilines is 1. The minimum Gasteiger partial charge on any atom is -0.368 e. The molecule has 0 saturated carbocycles. The van der Waals surface area contributed by atoms with Gasteiger partial charge in [-0.3, -0.25) is 9.59 Å². The van der Waals surface area contributed by atoms with Gasteiger partial charge in [0.15, 0.2) is 0 Å². The van der Waals surface area contributed by atoms with E-state index in [9.17, 15) is 22.8 Å². The number of rotatable bonds is 2. The highest BCUT2D eigenvalue weighted by Gasteiger charge is 2.47. The second-order valence-electron chi connectivity index (χ2n) is 9.82. The van der Waals surface area contributed by atoms with Crippen LogP contribution in [-0.2, 0) is 17.4 Å². The molecule has 3 aliphatic heterocycles. The number of hydrogen-bond donors (Lipinski definition) is 0. The fourth-order valence-electron chi connectivity index (χ4n) is 6.00. The average molecular weight is 506 g/mol. The van der Waals surface area contributed by atoms with Crippen molar-refractivity contribution in [2.24, 2.45) is 0 Å². The number of amides is 2. The standard InChI is InChI=1S/C29H26F3N3O2/c30-29(31,32)20-7-5-8-21(18-20)33-14-16-34(17-15-33)28(37)25-23-10-3-4-11-24(23)27(36)35-13-12-19-6-1-2-9-22(19)26(25)35/h1-11,18,25-26H,12-17H2/t25-,26+/m0/s1. The Morgan fingerprint density at radius 3 is 2.27 bits per heavy atom. The van der Waals surface area contributed by atoms with Crippen molar-refractivity contribution in [3.05, 3.63) is 101 Å². The Bertz CT molecular complexity index is 1360. The molecule has 1 fully saturated rings. The maximum absolute atomic E-state index is 14.1. The highest BCUT2D eigenvalue weighted by Crippen LogP contribution is 2.46. The third-order valence-electron chi connectivity index (χ3n) is 7.83. The second kappa shape index (κ2) is 8.94. The van der Waals surface area contributed by atoms with E-state index in [0.717, 1.165) is 35.2 Å². The van der Waals surface area contributed by atoms with Crippen LogP contribution in [0, 0.1) is 0 Å². The van der Waals surface area contributed by atoms with Crippen molar-refractivity contribution in [3.8, 4) is 0 Å². The van der Waals surface area contributed by atoms with Crippen LogP contribution in [0.3, 0.4) is 0 Å². The van der Waals surface area contributed by atoms with Crippen LogP contribution in [0.1, 0.15) is 44.6 Å². The summed E-state index contributed by atoms with van der Waals surface area (Å²) >= 11 is 0. The molecule has 0 spiro atoms. The van der Waals surface area contributed by atoms with Gasteiger partial charge in [0.05, 0.1) is 17.5 Å². The van der Waals surface area contributed by atoms with Gasteiger partial charge in [0.1, 0.15) is 0 Å². The molecule has 6 rings (SSSR count). The minimum absolute atomic E-state index is 0.0460. The number of fused-ring (bicyclic) bond motifs is 4. The molecule has 3 heterocycles. The zero-order chi connectivity index (χ0) is 25.7. The van der Waals surface area contributed by atoms with Gasteiger partial charge in [-0.15, -0.1) is 0 Å². The van der Waals surface area contributed by atoms with Crippen molar-refractivity contribution in [1.82, 2.24) is 9.80 Å². The molecule has 1 saturated heterocycles. The molecule has 5 nitrogen and oxygen atoms in total. The number of alkyl halides is 3. The second-order valence-corrected chi connectivity index (χ2v) is 9.82. The van der Waals surface area contributed by atoms with Gasteiger partial charge < -0.3 is 14.7 Å². The summed E-state index contributed by atoms with van der Waals surface area (Å²) < 4.78 is 39.6. The zero-order valence-corrected chi connectivity index (χ0v) is 20.1. The van der Waals surface area contributed by atoms with Crippen LogP contribution >= 0.6 is 0 Å². The molecule has 3 aromatic rings. The Kier molecular flexibility index (Phi) is 5.70. The van der Waals surface area contributed by atoms with E-state index >= 15 is 0 Å². The van der Waals surface area contributed by atoms with Crippen molar-refractivity contribution >= 4 is 17.5 Å². The number of nitrogens with zero attached hydrogens (tertiary/aromatic N) is 3. The highest BCUT2D eigenvalue weighted by molar-refractivity contribution is 6.01. The molecule has 2 atom stereocenters. The Labute approximate surface area is 213 Å². The molecule has 0 N–H and O–H groups in total. The molecular weight excluding hydrogens is 479 g/mol. The molecule has 0 unspecified atom stereocenters. The Morgan fingerprint density at radius 2 is 1.51 bits per heavy atom. The van der Waals surface area contributed by atoms with Crippen LogP contribution in [0.25, 0.3) is 0 Å². The van der Waals surface area contributed by atoms with Gasteiger partial charge in [0, 0.05) is 44.0 Å². The van der Waals surface area contributed by atoms with E-state index in [1.165, 1.54) is 6.07 Å². The van der Waals surface area contributed by atoms with Gasteiger partial charge in [-0.25, -0.2) is 0 Å². The lowest BCUT2D eigenvalue weighted by molar-refractivity contribution is -0.137. The van der Waals surface area contributed by atoms with Gasteiger partial charge in [-0.1, -0.05) is 48.5 Å². The van der Waals surface area contributed by atoms with E-state index in [1.807, 2.05) is 46.2 Å². The summed E-state index contributed by atoms with van der Waals surface area (Å²) in [7, 11) is 0. The summed E-state index contributed by atoms with van der Waals surface area (Å²) in [5, 5.41) is 0. The molecule has 190 valence electrons. The van der Waals surface area contributed by atoms with E-state index in [1.54, 1.807) is 17.0 Å². The number of benzene rings is 3. The van der Waals surface area contributed by atoms with E-state index in [-0.39, 0.29) is 17.9 Å². The third kappa shape index (κ3) is 4.04. The van der Waals surface area contributed by atoms with Crippen molar-refractivity contribution in [2.75, 3.05) is 37.6 Å². The SMILES string of the molecule is O=C([C@H]1c2ccccc2C(=O)N2CCc3ccccc3[C@H]12)N1CCN(c2cccc(C(F)(F)F)c2)CC1. The predicted molar refractivity (Wildman–Crippen MR) is 133 cm³/mol. The Balaban J connectivity index is 1.29. The first kappa shape index (κ1) is 23.6. The van der Waals surface area contributed by atoms with Crippen LogP contribution < -0.4 is 4.90 Å². The zero-order valence-electron chi connectivity index (χ0n) is 20.1. The normalized spacial score (nSPS) is 21.3. The molecular formula is C29H26F3N3O2. The van der Waals surface area contributed by atoms with E-state index in [2.05, 4.69) is 6.07 Å². The number of piperazine rings is 1. The van der Waals surface area contributed by atoms with Crippen LogP contribution in [0.5, 0.6) is 0 Å². The monoisotopic (exact) mass is 505 g/mol. The molecule has 0 radical (unpaired) electrons. The van der Waals surface area contributed by atoms with Crippen LogP contribution in [-0.4, -0.2) is 54.3 Å². The first-order chi connectivity index (χ1) is 17.8. The largest absolute Gasteiger partial charge is 0.416 e. The summed E-state index contributed by atoms with van der Waals surface area (Å²) in [5.41, 5.74) is 3.31. The summed E-state index contributed by atoms with van der Waals surface area (Å²) in [6.07, 6.45) is -3.65. The summed E-state index contributed by atoms with van der Waals surface area (Å²) in [5.74, 6) is -0.626. The lowest BCUT2D eigenvalue weighted by atomic mass is 9.75. The molecule has 3 aliphatic rings. The van der Waals surface area contributed by atoms with Gasteiger partial charge in [-0.05, 0) is 47.4 Å². The maximum Gasteiger partial charge on any atom is 0.416 e. The highest BCUT2D eigenvalue weighted by atomic mass is 19.4. The third-order valence-corrected chi connectivity index (χ3v) is 7.83. The van der Waals surface area contributed by atoms with Crippen LogP contribution in [0.2, 0.25) is 0 Å². The van der Waals surface area contributed by atoms with Crippen LogP contribution in [0.15, 0.2) is 72.8 Å². The predicted octanol–water partition coefficient (Wildman–Crippen LogP) is 4.89. The number of hydrogen-bond acceptors (Lipinski definition) is 3. The number of halogens is 3. The topological polar surface area (TPSA) is 43.9 Å². The van der Waals surface area contributed by atoms with Crippen LogP contribution in [0.4, 0.5) is 18.9 Å². The molecule has 0 aliphatic carbocycles. The fraction of sp³-hybridized carbons (Fsp3) is 0.310. The minimum atomic E-state index is -4.40. The lowest BCUT2D eigenvalue weighted by Gasteiger charge is -2.47.